The van der Waals surface area contributed by atoms with Crippen molar-refractivity contribution in [3.05, 3.63) is 82.4 Å². The first kappa shape index (κ1) is 25.4. The van der Waals surface area contributed by atoms with Gasteiger partial charge < -0.3 is 14.8 Å². The number of nitrogens with zero attached hydrogens (tertiary/aromatic N) is 1. The van der Waals surface area contributed by atoms with Gasteiger partial charge in [-0.15, -0.1) is 0 Å². The van der Waals surface area contributed by atoms with Gasteiger partial charge in [-0.05, 0) is 66.9 Å². The predicted molar refractivity (Wildman–Crippen MR) is 133 cm³/mol. The summed E-state index contributed by atoms with van der Waals surface area (Å²) in [4.78, 5) is 12.8. The van der Waals surface area contributed by atoms with Gasteiger partial charge in [-0.2, -0.15) is 0 Å². The summed E-state index contributed by atoms with van der Waals surface area (Å²) >= 11 is 5.91. The number of rotatable bonds is 9. The van der Waals surface area contributed by atoms with E-state index in [2.05, 4.69) is 5.32 Å². The highest BCUT2D eigenvalue weighted by atomic mass is 35.5. The van der Waals surface area contributed by atoms with Crippen molar-refractivity contribution in [2.24, 2.45) is 0 Å². The third-order valence-electron chi connectivity index (χ3n) is 5.13. The number of hydrogen-bond acceptors (Lipinski definition) is 5. The lowest BCUT2D eigenvalue weighted by molar-refractivity contribution is -0.119. The highest BCUT2D eigenvalue weighted by Gasteiger charge is 2.28. The number of ether oxygens (including phenoxy) is 2. The average molecular weight is 503 g/mol. The van der Waals surface area contributed by atoms with E-state index in [-0.39, 0.29) is 17.2 Å². The topological polar surface area (TPSA) is 84.9 Å². The maximum Gasteiger partial charge on any atom is 0.264 e. The molecule has 34 heavy (non-hydrogen) atoms. The van der Waals surface area contributed by atoms with Gasteiger partial charge in [-0.1, -0.05) is 29.8 Å². The number of carbonyl (C=O) groups excluding carboxylic acids is 1. The second-order valence-electron chi connectivity index (χ2n) is 7.78. The zero-order chi connectivity index (χ0) is 24.9. The van der Waals surface area contributed by atoms with E-state index in [4.69, 9.17) is 21.1 Å². The fourth-order valence-corrected chi connectivity index (χ4v) is 5.05. The van der Waals surface area contributed by atoms with Crippen LogP contribution in [-0.2, 0) is 21.4 Å². The first-order valence-electron chi connectivity index (χ1n) is 10.5. The van der Waals surface area contributed by atoms with Crippen molar-refractivity contribution >= 4 is 33.2 Å². The van der Waals surface area contributed by atoms with Crippen LogP contribution in [0.3, 0.4) is 0 Å². The van der Waals surface area contributed by atoms with Crippen molar-refractivity contribution in [1.29, 1.82) is 0 Å². The quantitative estimate of drug-likeness (QED) is 0.466. The molecule has 0 aliphatic heterocycles. The molecule has 3 aromatic rings. The summed E-state index contributed by atoms with van der Waals surface area (Å²) in [5.41, 5.74) is 3.00. The molecule has 7 nitrogen and oxygen atoms in total. The monoisotopic (exact) mass is 502 g/mol. The highest BCUT2D eigenvalue weighted by molar-refractivity contribution is 7.92. The molecule has 0 aromatic heterocycles. The Hall–Kier alpha value is -3.23. The van der Waals surface area contributed by atoms with Gasteiger partial charge in [0.15, 0.2) is 11.5 Å². The molecule has 3 aromatic carbocycles. The van der Waals surface area contributed by atoms with Crippen LogP contribution in [0.4, 0.5) is 5.69 Å². The number of benzene rings is 3. The third-order valence-corrected chi connectivity index (χ3v) is 7.15. The zero-order valence-electron chi connectivity index (χ0n) is 19.5. The van der Waals surface area contributed by atoms with Crippen LogP contribution < -0.4 is 19.1 Å². The van der Waals surface area contributed by atoms with Crippen LogP contribution in [0.2, 0.25) is 5.02 Å². The lowest BCUT2D eigenvalue weighted by Gasteiger charge is -2.25. The fraction of sp³-hybridized carbons (Fsp3) is 0.240. The molecule has 0 bridgehead atoms. The minimum absolute atomic E-state index is 0.0187. The normalized spacial score (nSPS) is 11.1. The van der Waals surface area contributed by atoms with E-state index in [0.717, 1.165) is 21.0 Å². The van der Waals surface area contributed by atoms with Gasteiger partial charge in [-0.25, -0.2) is 8.42 Å². The largest absolute Gasteiger partial charge is 0.493 e. The lowest BCUT2D eigenvalue weighted by Crippen LogP contribution is -2.40. The Morgan fingerprint density at radius 3 is 2.12 bits per heavy atom. The van der Waals surface area contributed by atoms with Crippen molar-refractivity contribution in [2.45, 2.75) is 25.3 Å². The van der Waals surface area contributed by atoms with Crippen LogP contribution in [0.1, 0.15) is 16.7 Å². The van der Waals surface area contributed by atoms with Crippen molar-refractivity contribution in [3.63, 3.8) is 0 Å². The van der Waals surface area contributed by atoms with E-state index in [1.165, 1.54) is 32.4 Å². The molecule has 0 fully saturated rings. The van der Waals surface area contributed by atoms with Gasteiger partial charge in [0.25, 0.3) is 10.0 Å². The van der Waals surface area contributed by atoms with Gasteiger partial charge in [0.2, 0.25) is 5.91 Å². The molecule has 0 aliphatic carbocycles. The summed E-state index contributed by atoms with van der Waals surface area (Å²) in [6.45, 7) is 3.59. The molecule has 0 unspecified atom stereocenters. The Labute approximate surface area is 205 Å². The number of halogens is 1. The molecular weight excluding hydrogens is 476 g/mol. The Morgan fingerprint density at radius 1 is 0.912 bits per heavy atom. The molecule has 180 valence electrons. The Kier molecular flexibility index (Phi) is 8.06. The van der Waals surface area contributed by atoms with E-state index in [1.807, 2.05) is 19.9 Å². The summed E-state index contributed by atoms with van der Waals surface area (Å²) in [7, 11) is -1.21. The lowest BCUT2D eigenvalue weighted by atomic mass is 10.1. The van der Waals surface area contributed by atoms with Crippen LogP contribution in [0.25, 0.3) is 0 Å². The third kappa shape index (κ3) is 6.01. The van der Waals surface area contributed by atoms with E-state index in [0.29, 0.717) is 16.5 Å². The van der Waals surface area contributed by atoms with Crippen LogP contribution in [-0.4, -0.2) is 35.1 Å². The molecule has 1 amide bonds. The van der Waals surface area contributed by atoms with Gasteiger partial charge >= 0.3 is 0 Å². The number of sulfonamides is 1. The zero-order valence-corrected chi connectivity index (χ0v) is 21.0. The molecule has 0 aliphatic rings. The molecule has 0 saturated heterocycles. The number of hydrogen-bond donors (Lipinski definition) is 1. The van der Waals surface area contributed by atoms with E-state index >= 15 is 0 Å². The number of nitrogens with one attached hydrogen (secondary N) is 1. The maximum atomic E-state index is 13.7. The van der Waals surface area contributed by atoms with Crippen molar-refractivity contribution in [1.82, 2.24) is 5.32 Å². The van der Waals surface area contributed by atoms with Crippen molar-refractivity contribution in [3.8, 4) is 11.5 Å². The van der Waals surface area contributed by atoms with Gasteiger partial charge in [0.1, 0.15) is 6.54 Å². The standard InChI is InChI=1S/C25H27ClN2O5S/c1-17-11-18(2)13-21(12-17)28(16-25(29)27-15-19-5-7-20(26)8-6-19)34(30,31)22-9-10-23(32-3)24(14-22)33-4/h5-14H,15-16H2,1-4H3,(H,27,29). The first-order valence-corrected chi connectivity index (χ1v) is 12.3. The van der Waals surface area contributed by atoms with E-state index in [1.54, 1.807) is 36.4 Å². The summed E-state index contributed by atoms with van der Waals surface area (Å²) in [5.74, 6) is 0.231. The molecule has 0 spiro atoms. The number of amides is 1. The molecule has 3 rings (SSSR count). The molecule has 9 heteroatoms. The van der Waals surface area contributed by atoms with Crippen molar-refractivity contribution in [2.75, 3.05) is 25.1 Å². The summed E-state index contributed by atoms with van der Waals surface area (Å²) < 4.78 is 39.0. The van der Waals surface area contributed by atoms with Gasteiger partial charge in [0, 0.05) is 17.6 Å². The second kappa shape index (κ2) is 10.8. The van der Waals surface area contributed by atoms with Crippen LogP contribution in [0, 0.1) is 13.8 Å². The summed E-state index contributed by atoms with van der Waals surface area (Å²) in [5, 5.41) is 3.37. The molecule has 0 atom stereocenters. The molecule has 0 radical (unpaired) electrons. The smallest absolute Gasteiger partial charge is 0.264 e. The number of aryl methyl sites for hydroxylation is 2. The second-order valence-corrected chi connectivity index (χ2v) is 10.1. The van der Waals surface area contributed by atoms with Crippen LogP contribution in [0.15, 0.2) is 65.6 Å². The Bertz CT molecular complexity index is 1260. The average Bonchev–Trinajstić information content (AvgIpc) is 2.80. The minimum atomic E-state index is -4.11. The minimum Gasteiger partial charge on any atom is -0.493 e. The number of methoxy groups -OCH3 is 2. The van der Waals surface area contributed by atoms with E-state index in [9.17, 15) is 13.2 Å². The SMILES string of the molecule is COc1ccc(S(=O)(=O)N(CC(=O)NCc2ccc(Cl)cc2)c2cc(C)cc(C)c2)cc1OC. The number of anilines is 1. The molecule has 0 saturated carbocycles. The summed E-state index contributed by atoms with van der Waals surface area (Å²) in [6.07, 6.45) is 0. The summed E-state index contributed by atoms with van der Waals surface area (Å²) in [6, 6.07) is 16.8. The molecular formula is C25H27ClN2O5S. The first-order chi connectivity index (χ1) is 16.1. The predicted octanol–water partition coefficient (Wildman–Crippen LogP) is 4.49. The molecule has 1 N–H and O–H groups in total. The van der Waals surface area contributed by atoms with Crippen LogP contribution >= 0.6 is 11.6 Å². The fourth-order valence-electron chi connectivity index (χ4n) is 3.50. The number of carbonyl (C=O) groups is 1. The Balaban J connectivity index is 1.95. The molecule has 0 heterocycles. The van der Waals surface area contributed by atoms with Crippen molar-refractivity contribution < 1.29 is 22.7 Å². The van der Waals surface area contributed by atoms with Gasteiger partial charge in [0.05, 0.1) is 24.8 Å². The Morgan fingerprint density at radius 2 is 1.53 bits per heavy atom. The highest BCUT2D eigenvalue weighted by Crippen LogP contribution is 2.32. The maximum absolute atomic E-state index is 13.7. The van der Waals surface area contributed by atoms with Gasteiger partial charge in [-0.3, -0.25) is 9.10 Å². The van der Waals surface area contributed by atoms with Crippen LogP contribution in [0.5, 0.6) is 11.5 Å². The van der Waals surface area contributed by atoms with E-state index < -0.39 is 22.5 Å².